The molecule has 0 aliphatic heterocycles. The van der Waals surface area contributed by atoms with Crippen molar-refractivity contribution in [3.63, 3.8) is 0 Å². The number of benzene rings is 4. The lowest BCUT2D eigenvalue weighted by Gasteiger charge is -2.10. The third-order valence-electron chi connectivity index (χ3n) is 6.37. The zero-order valence-electron chi connectivity index (χ0n) is 19.0. The molecule has 5 heteroatoms. The predicted molar refractivity (Wildman–Crippen MR) is 138 cm³/mol. The average Bonchev–Trinajstić information content (AvgIpc) is 2.92. The van der Waals surface area contributed by atoms with Gasteiger partial charge in [0.05, 0.1) is 16.8 Å². The molecule has 0 amide bonds. The lowest BCUT2D eigenvalue weighted by Crippen LogP contribution is -2.03. The number of rotatable bonds is 3. The molecule has 36 heavy (non-hydrogen) atoms. The monoisotopic (exact) mass is 476 g/mol. The van der Waals surface area contributed by atoms with Crippen molar-refractivity contribution in [2.24, 2.45) is 0 Å². The van der Waals surface area contributed by atoms with E-state index in [0.717, 1.165) is 67.3 Å². The van der Waals surface area contributed by atoms with E-state index in [-0.39, 0.29) is 0 Å². The van der Waals surface area contributed by atoms with Crippen LogP contribution in [0.1, 0.15) is 5.56 Å². The van der Waals surface area contributed by atoms with Crippen LogP contribution < -0.4 is 0 Å². The molecule has 2 aromatic heterocycles. The Balaban J connectivity index is 1.31. The van der Waals surface area contributed by atoms with Crippen molar-refractivity contribution >= 4 is 21.7 Å². The first-order valence-electron chi connectivity index (χ1n) is 11.5. The molecule has 0 fully saturated rings. The molecule has 0 bridgehead atoms. The van der Waals surface area contributed by atoms with Crippen LogP contribution in [0.4, 0.5) is 13.2 Å². The lowest BCUT2D eigenvalue weighted by atomic mass is 9.97. The fraction of sp³-hybridized carbons (Fsp3) is 0.0323. The maximum Gasteiger partial charge on any atom is 0.416 e. The summed E-state index contributed by atoms with van der Waals surface area (Å²) in [4.78, 5) is 9.20. The summed E-state index contributed by atoms with van der Waals surface area (Å²) in [6.07, 6.45) is -0.653. The van der Waals surface area contributed by atoms with Gasteiger partial charge in [-0.15, -0.1) is 0 Å². The summed E-state index contributed by atoms with van der Waals surface area (Å²) in [6, 6.07) is 31.5. The first-order valence-corrected chi connectivity index (χ1v) is 11.5. The van der Waals surface area contributed by atoms with Crippen LogP contribution in [0.2, 0.25) is 0 Å². The predicted octanol–water partition coefficient (Wildman–Crippen LogP) is 8.80. The number of aromatic nitrogens is 2. The van der Waals surface area contributed by atoms with Gasteiger partial charge in [-0.25, -0.2) is 0 Å². The normalized spacial score (nSPS) is 11.8. The highest BCUT2D eigenvalue weighted by molar-refractivity contribution is 5.91. The van der Waals surface area contributed by atoms with E-state index in [4.69, 9.17) is 0 Å². The minimum Gasteiger partial charge on any atom is -0.256 e. The molecule has 0 saturated heterocycles. The van der Waals surface area contributed by atoms with Gasteiger partial charge in [0.15, 0.2) is 0 Å². The fourth-order valence-corrected chi connectivity index (χ4v) is 4.40. The third-order valence-corrected chi connectivity index (χ3v) is 6.37. The molecule has 2 heterocycles. The summed E-state index contributed by atoms with van der Waals surface area (Å²) in [6.45, 7) is 0. The van der Waals surface area contributed by atoms with Crippen molar-refractivity contribution < 1.29 is 13.2 Å². The molecule has 0 saturated carbocycles. The average molecular weight is 477 g/mol. The number of nitrogens with zero attached hydrogens (tertiary/aromatic N) is 2. The summed E-state index contributed by atoms with van der Waals surface area (Å²) in [5.41, 5.74) is 5.71. The van der Waals surface area contributed by atoms with Crippen LogP contribution in [0.3, 0.4) is 0 Å². The maximum absolute atomic E-state index is 12.9. The summed E-state index contributed by atoms with van der Waals surface area (Å²) in [7, 11) is 0. The van der Waals surface area contributed by atoms with Gasteiger partial charge in [0, 0.05) is 28.9 Å². The molecule has 0 aliphatic carbocycles. The van der Waals surface area contributed by atoms with Crippen LogP contribution in [-0.4, -0.2) is 9.97 Å². The molecule has 2 nitrogen and oxygen atoms in total. The van der Waals surface area contributed by atoms with Crippen molar-refractivity contribution in [2.45, 2.75) is 6.18 Å². The Kier molecular flexibility index (Phi) is 5.26. The van der Waals surface area contributed by atoms with E-state index in [1.807, 2.05) is 79.1 Å². The molecule has 0 aliphatic rings. The van der Waals surface area contributed by atoms with Crippen LogP contribution in [0.5, 0.6) is 0 Å². The Morgan fingerprint density at radius 2 is 1.08 bits per heavy atom. The summed E-state index contributed by atoms with van der Waals surface area (Å²) in [5.74, 6) is 0. The van der Waals surface area contributed by atoms with Crippen LogP contribution in [0, 0.1) is 0 Å². The molecule has 0 atom stereocenters. The molecule has 0 spiro atoms. The Bertz CT molecular complexity index is 1700. The number of hydrogen-bond acceptors (Lipinski definition) is 2. The highest BCUT2D eigenvalue weighted by Crippen LogP contribution is 2.33. The smallest absolute Gasteiger partial charge is 0.256 e. The number of pyridine rings is 2. The molecule has 4 aromatic carbocycles. The van der Waals surface area contributed by atoms with E-state index in [1.54, 1.807) is 0 Å². The Morgan fingerprint density at radius 1 is 0.472 bits per heavy atom. The summed E-state index contributed by atoms with van der Waals surface area (Å²) >= 11 is 0. The molecular formula is C31H19F3N2. The van der Waals surface area contributed by atoms with Gasteiger partial charge >= 0.3 is 6.18 Å². The zero-order valence-corrected chi connectivity index (χ0v) is 19.0. The Hall–Kier alpha value is -4.51. The van der Waals surface area contributed by atoms with Crippen molar-refractivity contribution in [1.82, 2.24) is 9.97 Å². The summed E-state index contributed by atoms with van der Waals surface area (Å²) < 4.78 is 38.7. The first kappa shape index (κ1) is 22.0. The summed E-state index contributed by atoms with van der Waals surface area (Å²) in [5, 5.41) is 3.13. The highest BCUT2D eigenvalue weighted by Gasteiger charge is 2.29. The van der Waals surface area contributed by atoms with E-state index < -0.39 is 11.7 Å². The van der Waals surface area contributed by atoms with Crippen LogP contribution in [-0.2, 0) is 6.18 Å². The zero-order chi connectivity index (χ0) is 24.7. The minimum absolute atomic E-state index is 0.648. The Morgan fingerprint density at radius 3 is 1.78 bits per heavy atom. The minimum atomic E-state index is -4.34. The molecule has 0 N–H and O–H groups in total. The van der Waals surface area contributed by atoms with Gasteiger partial charge in [0.25, 0.3) is 0 Å². The van der Waals surface area contributed by atoms with Crippen LogP contribution >= 0.6 is 0 Å². The first-order chi connectivity index (χ1) is 17.4. The second-order valence-corrected chi connectivity index (χ2v) is 8.70. The number of hydrogen-bond donors (Lipinski definition) is 0. The van der Waals surface area contributed by atoms with Crippen LogP contribution in [0.15, 0.2) is 116 Å². The maximum atomic E-state index is 12.9. The fourth-order valence-electron chi connectivity index (χ4n) is 4.40. The molecule has 0 unspecified atom stereocenters. The van der Waals surface area contributed by atoms with Gasteiger partial charge in [0.1, 0.15) is 0 Å². The van der Waals surface area contributed by atoms with Crippen molar-refractivity contribution in [3.8, 4) is 33.5 Å². The van der Waals surface area contributed by atoms with Gasteiger partial charge in [0.2, 0.25) is 0 Å². The molecule has 6 rings (SSSR count). The van der Waals surface area contributed by atoms with E-state index in [1.165, 1.54) is 12.1 Å². The highest BCUT2D eigenvalue weighted by atomic mass is 19.4. The van der Waals surface area contributed by atoms with Crippen molar-refractivity contribution in [1.29, 1.82) is 0 Å². The lowest BCUT2D eigenvalue weighted by molar-refractivity contribution is -0.137. The molecule has 174 valence electrons. The molecular weight excluding hydrogens is 457 g/mol. The standard InChI is InChI=1S/C31H19F3N2/c32-31(33,34)28-12-9-20(10-13-28)22-7-5-21-6-8-23(16-26(21)15-22)25-11-14-30(35-18-25)27-17-24-3-1-2-4-29(24)36-19-27/h1-19H. The second-order valence-electron chi connectivity index (χ2n) is 8.70. The SMILES string of the molecule is FC(F)(F)c1ccc(-c2ccc3ccc(-c4ccc(-c5cnc6ccccc6c5)nc4)cc3c2)cc1. The number of fused-ring (bicyclic) bond motifs is 2. The Labute approximate surface area is 205 Å². The molecule has 6 aromatic rings. The van der Waals surface area contributed by atoms with Gasteiger partial charge in [-0.05, 0) is 69.9 Å². The van der Waals surface area contributed by atoms with E-state index in [2.05, 4.69) is 22.1 Å². The van der Waals surface area contributed by atoms with Crippen molar-refractivity contribution in [2.75, 3.05) is 0 Å². The van der Waals surface area contributed by atoms with E-state index in [0.29, 0.717) is 0 Å². The van der Waals surface area contributed by atoms with Gasteiger partial charge in [-0.1, -0.05) is 60.7 Å². The number of halogens is 3. The van der Waals surface area contributed by atoms with Gasteiger partial charge in [-0.2, -0.15) is 13.2 Å². The molecule has 0 radical (unpaired) electrons. The van der Waals surface area contributed by atoms with Crippen LogP contribution in [0.25, 0.3) is 55.2 Å². The second kappa shape index (κ2) is 8.61. The van der Waals surface area contributed by atoms with E-state index >= 15 is 0 Å². The largest absolute Gasteiger partial charge is 0.416 e. The number of alkyl halides is 3. The van der Waals surface area contributed by atoms with E-state index in [9.17, 15) is 13.2 Å². The third kappa shape index (κ3) is 4.20. The van der Waals surface area contributed by atoms with Gasteiger partial charge in [-0.3, -0.25) is 9.97 Å². The quantitative estimate of drug-likeness (QED) is 0.255. The topological polar surface area (TPSA) is 25.8 Å². The number of para-hydroxylation sites is 1. The van der Waals surface area contributed by atoms with Gasteiger partial charge < -0.3 is 0 Å². The van der Waals surface area contributed by atoms with Crippen molar-refractivity contribution in [3.05, 3.63) is 121 Å².